The van der Waals surface area contributed by atoms with Crippen molar-refractivity contribution in [3.8, 4) is 16.9 Å². The Kier molecular flexibility index (Phi) is 5.95. The van der Waals surface area contributed by atoms with Gasteiger partial charge in [-0.1, -0.05) is 6.07 Å². The van der Waals surface area contributed by atoms with Gasteiger partial charge in [0.1, 0.15) is 11.6 Å². The minimum atomic E-state index is -4.78. The Balaban J connectivity index is 1.57. The van der Waals surface area contributed by atoms with Crippen LogP contribution in [0.15, 0.2) is 61.1 Å². The van der Waals surface area contributed by atoms with E-state index in [1.165, 1.54) is 18.3 Å². The van der Waals surface area contributed by atoms with Crippen LogP contribution in [-0.2, 0) is 0 Å². The van der Waals surface area contributed by atoms with Crippen molar-refractivity contribution in [3.63, 3.8) is 0 Å². The molecule has 1 atom stereocenters. The molecular weight excluding hydrogens is 423 g/mol. The van der Waals surface area contributed by atoms with Crippen molar-refractivity contribution in [2.24, 2.45) is 5.73 Å². The fraction of sp³-hybridized carbons (Fsp3) is 0.227. The van der Waals surface area contributed by atoms with Crippen LogP contribution in [0, 0.1) is 0 Å². The third-order valence-electron chi connectivity index (χ3n) is 4.97. The minimum absolute atomic E-state index is 0.0609. The molecule has 0 bridgehead atoms. The second kappa shape index (κ2) is 8.83. The van der Waals surface area contributed by atoms with E-state index in [9.17, 15) is 18.0 Å². The Hall–Kier alpha value is -3.66. The summed E-state index contributed by atoms with van der Waals surface area (Å²) in [5, 5.41) is 2.66. The number of nitrogens with one attached hydrogen (secondary N) is 1. The monoisotopic (exact) mass is 443 g/mol. The van der Waals surface area contributed by atoms with E-state index >= 15 is 0 Å². The van der Waals surface area contributed by atoms with Gasteiger partial charge in [0.05, 0.1) is 5.56 Å². The highest BCUT2D eigenvalue weighted by molar-refractivity contribution is 6.05. The molecule has 10 heteroatoms. The second-order valence-electron chi connectivity index (χ2n) is 7.36. The maximum Gasteiger partial charge on any atom is 0.573 e. The molecule has 1 unspecified atom stereocenters. The summed E-state index contributed by atoms with van der Waals surface area (Å²) < 4.78 is 40.7. The van der Waals surface area contributed by atoms with Crippen molar-refractivity contribution < 1.29 is 22.7 Å². The highest BCUT2D eigenvalue weighted by Crippen LogP contribution is 2.31. The van der Waals surface area contributed by atoms with E-state index in [1.807, 2.05) is 6.07 Å². The molecule has 1 aliphatic heterocycles. The summed E-state index contributed by atoms with van der Waals surface area (Å²) in [5.41, 5.74) is 8.21. The maximum atomic E-state index is 12.8. The normalized spacial score (nSPS) is 16.1. The average Bonchev–Trinajstić information content (AvgIpc) is 3.20. The molecule has 1 aromatic carbocycles. The van der Waals surface area contributed by atoms with Gasteiger partial charge in [0.2, 0.25) is 0 Å². The van der Waals surface area contributed by atoms with Crippen LogP contribution in [-0.4, -0.2) is 41.4 Å². The van der Waals surface area contributed by atoms with Gasteiger partial charge in [-0.25, -0.2) is 4.98 Å². The number of aromatic nitrogens is 2. The molecule has 2 aromatic heterocycles. The van der Waals surface area contributed by atoms with Gasteiger partial charge in [-0.15, -0.1) is 13.2 Å². The molecule has 0 radical (unpaired) electrons. The van der Waals surface area contributed by atoms with Crippen molar-refractivity contribution in [1.29, 1.82) is 0 Å². The lowest BCUT2D eigenvalue weighted by Gasteiger charge is -2.21. The van der Waals surface area contributed by atoms with E-state index in [4.69, 9.17) is 5.73 Å². The fourth-order valence-electron chi connectivity index (χ4n) is 3.49. The summed E-state index contributed by atoms with van der Waals surface area (Å²) in [4.78, 5) is 23.5. The van der Waals surface area contributed by atoms with Crippen LogP contribution in [0.5, 0.6) is 5.75 Å². The molecule has 0 aliphatic carbocycles. The van der Waals surface area contributed by atoms with Gasteiger partial charge in [0.15, 0.2) is 0 Å². The van der Waals surface area contributed by atoms with Gasteiger partial charge in [-0.05, 0) is 42.8 Å². The topological polar surface area (TPSA) is 93.4 Å². The van der Waals surface area contributed by atoms with Gasteiger partial charge >= 0.3 is 6.36 Å². The summed E-state index contributed by atoms with van der Waals surface area (Å²) >= 11 is 0. The third kappa shape index (κ3) is 5.14. The first-order valence-corrected chi connectivity index (χ1v) is 9.86. The largest absolute Gasteiger partial charge is 0.573 e. The summed E-state index contributed by atoms with van der Waals surface area (Å²) in [5.74, 6) is -0.0999. The standard InChI is InChI=1S/C22H20F3N5O2/c23-22(24,25)32-18-5-3-17(4-6-18)29-21(31)15-10-19(14-2-1-8-27-11-14)20(28-12-15)30-9-7-16(26)13-30/h1-6,8,10-12,16H,7,9,13,26H2,(H,29,31). The average molecular weight is 443 g/mol. The number of pyridine rings is 2. The van der Waals surface area contributed by atoms with Crippen molar-refractivity contribution in [3.05, 3.63) is 66.6 Å². The zero-order valence-electron chi connectivity index (χ0n) is 16.8. The van der Waals surface area contributed by atoms with Crippen molar-refractivity contribution in [2.45, 2.75) is 18.8 Å². The lowest BCUT2D eigenvalue weighted by molar-refractivity contribution is -0.274. The third-order valence-corrected chi connectivity index (χ3v) is 4.97. The van der Waals surface area contributed by atoms with E-state index < -0.39 is 12.3 Å². The molecule has 1 fully saturated rings. The Morgan fingerprint density at radius 1 is 1.19 bits per heavy atom. The molecule has 0 saturated carbocycles. The summed E-state index contributed by atoms with van der Waals surface area (Å²) in [6, 6.07) is 10.4. The van der Waals surface area contributed by atoms with Crippen LogP contribution in [0.1, 0.15) is 16.8 Å². The predicted molar refractivity (Wildman–Crippen MR) is 113 cm³/mol. The Morgan fingerprint density at radius 3 is 2.59 bits per heavy atom. The van der Waals surface area contributed by atoms with Gasteiger partial charge in [0, 0.05) is 54.5 Å². The molecule has 1 saturated heterocycles. The number of hydrogen-bond donors (Lipinski definition) is 2. The van der Waals surface area contributed by atoms with Crippen LogP contribution in [0.2, 0.25) is 0 Å². The number of nitrogens with zero attached hydrogens (tertiary/aromatic N) is 3. The Bertz CT molecular complexity index is 1090. The molecule has 3 heterocycles. The number of amides is 1. The molecule has 166 valence electrons. The van der Waals surface area contributed by atoms with Crippen molar-refractivity contribution in [2.75, 3.05) is 23.3 Å². The molecular formula is C22H20F3N5O2. The smallest absolute Gasteiger partial charge is 0.406 e. The molecule has 4 rings (SSSR count). The van der Waals surface area contributed by atoms with Gasteiger partial charge in [-0.2, -0.15) is 0 Å². The lowest BCUT2D eigenvalue weighted by Crippen LogP contribution is -2.27. The number of ether oxygens (including phenoxy) is 1. The van der Waals surface area contributed by atoms with Crippen LogP contribution >= 0.6 is 0 Å². The van der Waals surface area contributed by atoms with E-state index in [-0.39, 0.29) is 11.8 Å². The molecule has 0 spiro atoms. The fourth-order valence-corrected chi connectivity index (χ4v) is 3.49. The number of anilines is 2. The van der Waals surface area contributed by atoms with E-state index in [1.54, 1.807) is 24.5 Å². The van der Waals surface area contributed by atoms with Crippen LogP contribution in [0.25, 0.3) is 11.1 Å². The number of alkyl halides is 3. The lowest BCUT2D eigenvalue weighted by atomic mass is 10.1. The van der Waals surface area contributed by atoms with Crippen LogP contribution in [0.3, 0.4) is 0 Å². The van der Waals surface area contributed by atoms with E-state index in [2.05, 4.69) is 24.9 Å². The Morgan fingerprint density at radius 2 is 1.97 bits per heavy atom. The zero-order valence-corrected chi connectivity index (χ0v) is 16.8. The minimum Gasteiger partial charge on any atom is -0.406 e. The van der Waals surface area contributed by atoms with Crippen molar-refractivity contribution >= 4 is 17.4 Å². The van der Waals surface area contributed by atoms with E-state index in [0.717, 1.165) is 42.0 Å². The maximum absolute atomic E-state index is 12.8. The van der Waals surface area contributed by atoms with Gasteiger partial charge < -0.3 is 20.7 Å². The number of nitrogens with two attached hydrogens (primary N) is 1. The van der Waals surface area contributed by atoms with Crippen LogP contribution < -0.4 is 20.7 Å². The number of hydrogen-bond acceptors (Lipinski definition) is 6. The zero-order chi connectivity index (χ0) is 22.7. The van der Waals surface area contributed by atoms with E-state index in [0.29, 0.717) is 17.8 Å². The Labute approximate surface area is 182 Å². The molecule has 7 nitrogen and oxygen atoms in total. The SMILES string of the molecule is NC1CCN(c2ncc(C(=O)Nc3ccc(OC(F)(F)F)cc3)cc2-c2cccnc2)C1. The molecule has 1 aliphatic rings. The summed E-state index contributed by atoms with van der Waals surface area (Å²) in [7, 11) is 0. The predicted octanol–water partition coefficient (Wildman–Crippen LogP) is 3.83. The number of benzene rings is 1. The van der Waals surface area contributed by atoms with Gasteiger partial charge in [0.25, 0.3) is 5.91 Å². The molecule has 3 aromatic rings. The second-order valence-corrected chi connectivity index (χ2v) is 7.36. The molecule has 1 amide bonds. The van der Waals surface area contributed by atoms with Crippen molar-refractivity contribution in [1.82, 2.24) is 9.97 Å². The number of carbonyl (C=O) groups is 1. The number of halogens is 3. The number of rotatable bonds is 5. The first-order chi connectivity index (χ1) is 15.3. The molecule has 3 N–H and O–H groups in total. The van der Waals surface area contributed by atoms with Gasteiger partial charge in [-0.3, -0.25) is 9.78 Å². The van der Waals surface area contributed by atoms with Crippen LogP contribution in [0.4, 0.5) is 24.7 Å². The first-order valence-electron chi connectivity index (χ1n) is 9.86. The first kappa shape index (κ1) is 21.6. The highest BCUT2D eigenvalue weighted by Gasteiger charge is 2.31. The number of carbonyl (C=O) groups excluding carboxylic acids is 1. The highest BCUT2D eigenvalue weighted by atomic mass is 19.4. The summed E-state index contributed by atoms with van der Waals surface area (Å²) in [6.45, 7) is 1.43. The quantitative estimate of drug-likeness (QED) is 0.623. The summed E-state index contributed by atoms with van der Waals surface area (Å²) in [6.07, 6.45) is 0.892. The molecule has 32 heavy (non-hydrogen) atoms.